The molecule has 27 heavy (non-hydrogen) atoms. The summed E-state index contributed by atoms with van der Waals surface area (Å²) in [6.07, 6.45) is -0.551. The van der Waals surface area contributed by atoms with E-state index in [-0.39, 0.29) is 0 Å². The second-order valence-electron chi connectivity index (χ2n) is 7.28. The van der Waals surface area contributed by atoms with E-state index in [9.17, 15) is 9.59 Å². The number of aryl methyl sites for hydroxylation is 1. The van der Waals surface area contributed by atoms with E-state index in [2.05, 4.69) is 4.98 Å². The van der Waals surface area contributed by atoms with E-state index in [0.29, 0.717) is 28.0 Å². The Morgan fingerprint density at radius 1 is 1.07 bits per heavy atom. The number of ether oxygens (including phenoxy) is 2. The largest absolute Gasteiger partial charge is 0.465 e. The average molecular weight is 366 g/mol. The van der Waals surface area contributed by atoms with Crippen molar-refractivity contribution in [2.75, 3.05) is 7.11 Å². The van der Waals surface area contributed by atoms with Crippen LogP contribution in [-0.2, 0) is 9.47 Å². The number of nitrogens with zero attached hydrogens (tertiary/aromatic N) is 2. The molecule has 0 aliphatic heterocycles. The molecule has 3 aromatic rings. The molecule has 1 aromatic heterocycles. The Morgan fingerprint density at radius 2 is 1.78 bits per heavy atom. The molecule has 140 valence electrons. The van der Waals surface area contributed by atoms with Crippen molar-refractivity contribution in [3.05, 3.63) is 53.6 Å². The third-order valence-corrected chi connectivity index (χ3v) is 3.96. The third kappa shape index (κ3) is 3.69. The molecule has 1 heterocycles. The zero-order valence-electron chi connectivity index (χ0n) is 16.1. The van der Waals surface area contributed by atoms with Crippen LogP contribution >= 0.6 is 0 Å². The minimum absolute atomic E-state index is 0.330. The third-order valence-electron chi connectivity index (χ3n) is 3.96. The van der Waals surface area contributed by atoms with Crippen LogP contribution in [0.2, 0.25) is 0 Å². The average Bonchev–Trinajstić information content (AvgIpc) is 2.98. The molecule has 0 unspecified atom stereocenters. The van der Waals surface area contributed by atoms with Gasteiger partial charge in [-0.2, -0.15) is 0 Å². The van der Waals surface area contributed by atoms with E-state index in [1.54, 1.807) is 45.0 Å². The van der Waals surface area contributed by atoms with E-state index in [4.69, 9.17) is 9.47 Å². The lowest BCUT2D eigenvalue weighted by Crippen LogP contribution is -2.27. The minimum atomic E-state index is -0.670. The molecule has 0 saturated carbocycles. The van der Waals surface area contributed by atoms with Gasteiger partial charge in [-0.15, -0.1) is 0 Å². The lowest BCUT2D eigenvalue weighted by Gasteiger charge is -2.20. The van der Waals surface area contributed by atoms with Crippen molar-refractivity contribution in [2.24, 2.45) is 0 Å². The normalized spacial score (nSPS) is 11.4. The predicted octanol–water partition coefficient (Wildman–Crippen LogP) is 4.58. The van der Waals surface area contributed by atoms with Gasteiger partial charge in [0.1, 0.15) is 5.60 Å². The lowest BCUT2D eigenvalue weighted by molar-refractivity contribution is 0.0542. The van der Waals surface area contributed by atoms with Crippen molar-refractivity contribution in [1.29, 1.82) is 0 Å². The number of esters is 1. The van der Waals surface area contributed by atoms with Gasteiger partial charge < -0.3 is 9.47 Å². The number of hydrogen-bond donors (Lipinski definition) is 0. The number of benzene rings is 2. The van der Waals surface area contributed by atoms with Gasteiger partial charge in [0.2, 0.25) is 0 Å². The Hall–Kier alpha value is -3.15. The molecular formula is C21H22N2O4. The molecule has 6 nitrogen and oxygen atoms in total. The molecule has 6 heteroatoms. The number of hydrogen-bond acceptors (Lipinski definition) is 5. The Balaban J connectivity index is 2.30. The van der Waals surface area contributed by atoms with Crippen LogP contribution in [0.4, 0.5) is 4.79 Å². The molecule has 0 radical (unpaired) electrons. The Labute approximate surface area is 157 Å². The van der Waals surface area contributed by atoms with Crippen LogP contribution in [-0.4, -0.2) is 34.3 Å². The first-order valence-corrected chi connectivity index (χ1v) is 8.61. The van der Waals surface area contributed by atoms with Crippen molar-refractivity contribution >= 4 is 23.1 Å². The van der Waals surface area contributed by atoms with Crippen molar-refractivity contribution in [1.82, 2.24) is 9.55 Å². The minimum Gasteiger partial charge on any atom is -0.465 e. The first kappa shape index (κ1) is 18.6. The number of rotatable bonds is 2. The number of carbonyl (C=O) groups is 2. The second kappa shape index (κ2) is 6.87. The standard InChI is InChI=1S/C21H22N2O4/c1-13-10-11-16-17(12-13)23(20(25)27-21(2,3)4)18(22-16)14-8-6-7-9-15(14)19(24)26-5/h6-12H,1-5H3. The van der Waals surface area contributed by atoms with Crippen LogP contribution in [0, 0.1) is 6.92 Å². The van der Waals surface area contributed by atoms with E-state index in [0.717, 1.165) is 5.56 Å². The van der Waals surface area contributed by atoms with Gasteiger partial charge in [0, 0.05) is 5.56 Å². The lowest BCUT2D eigenvalue weighted by atomic mass is 10.1. The maximum absolute atomic E-state index is 13.0. The molecule has 0 fully saturated rings. The summed E-state index contributed by atoms with van der Waals surface area (Å²) in [5, 5.41) is 0. The summed E-state index contributed by atoms with van der Waals surface area (Å²) >= 11 is 0. The fourth-order valence-corrected chi connectivity index (χ4v) is 2.82. The Kier molecular flexibility index (Phi) is 4.74. The van der Waals surface area contributed by atoms with Gasteiger partial charge in [0.15, 0.2) is 5.82 Å². The van der Waals surface area contributed by atoms with Crippen LogP contribution in [0.5, 0.6) is 0 Å². The Morgan fingerprint density at radius 3 is 2.44 bits per heavy atom. The van der Waals surface area contributed by atoms with Crippen LogP contribution < -0.4 is 0 Å². The van der Waals surface area contributed by atoms with Gasteiger partial charge >= 0.3 is 12.1 Å². The van der Waals surface area contributed by atoms with Gasteiger partial charge in [0.25, 0.3) is 0 Å². The maximum atomic E-state index is 13.0. The van der Waals surface area contributed by atoms with Crippen molar-refractivity contribution in [3.63, 3.8) is 0 Å². The Bertz CT molecular complexity index is 1030. The first-order valence-electron chi connectivity index (χ1n) is 8.61. The summed E-state index contributed by atoms with van der Waals surface area (Å²) in [7, 11) is 1.32. The van der Waals surface area contributed by atoms with Gasteiger partial charge in [-0.1, -0.05) is 24.3 Å². The molecule has 0 bridgehead atoms. The molecule has 2 aromatic carbocycles. The highest BCUT2D eigenvalue weighted by atomic mass is 16.6. The molecule has 0 spiro atoms. The summed E-state index contributed by atoms with van der Waals surface area (Å²) in [5.74, 6) is -0.157. The van der Waals surface area contributed by atoms with Crippen LogP contribution in [0.3, 0.4) is 0 Å². The molecule has 0 aliphatic rings. The fourth-order valence-electron chi connectivity index (χ4n) is 2.82. The summed E-state index contributed by atoms with van der Waals surface area (Å²) in [5.41, 5.74) is 2.41. The van der Waals surface area contributed by atoms with E-state index >= 15 is 0 Å². The molecule has 0 atom stereocenters. The molecule has 0 aliphatic carbocycles. The van der Waals surface area contributed by atoms with Crippen LogP contribution in [0.15, 0.2) is 42.5 Å². The number of fused-ring (bicyclic) bond motifs is 1. The first-order chi connectivity index (χ1) is 12.7. The second-order valence-corrected chi connectivity index (χ2v) is 7.28. The highest BCUT2D eigenvalue weighted by Crippen LogP contribution is 2.29. The zero-order chi connectivity index (χ0) is 19.8. The van der Waals surface area contributed by atoms with Crippen molar-refractivity contribution < 1.29 is 19.1 Å². The summed E-state index contributed by atoms with van der Waals surface area (Å²) in [6, 6.07) is 12.5. The molecule has 0 saturated heterocycles. The monoisotopic (exact) mass is 366 g/mol. The van der Waals surface area contributed by atoms with E-state index < -0.39 is 17.7 Å². The van der Waals surface area contributed by atoms with Gasteiger partial charge in [0.05, 0.1) is 23.7 Å². The topological polar surface area (TPSA) is 70.4 Å². The molecule has 0 N–H and O–H groups in total. The number of methoxy groups -OCH3 is 1. The summed E-state index contributed by atoms with van der Waals surface area (Å²) in [6.45, 7) is 7.35. The summed E-state index contributed by atoms with van der Waals surface area (Å²) in [4.78, 5) is 29.8. The van der Waals surface area contributed by atoms with Crippen LogP contribution in [0.25, 0.3) is 22.4 Å². The van der Waals surface area contributed by atoms with Crippen molar-refractivity contribution in [3.8, 4) is 11.4 Å². The maximum Gasteiger partial charge on any atom is 0.420 e. The summed E-state index contributed by atoms with van der Waals surface area (Å²) < 4.78 is 11.9. The SMILES string of the molecule is COC(=O)c1ccccc1-c1nc2ccc(C)cc2n1C(=O)OC(C)(C)C. The van der Waals surface area contributed by atoms with E-state index in [1.807, 2.05) is 25.1 Å². The van der Waals surface area contributed by atoms with Gasteiger partial charge in [-0.05, 0) is 51.5 Å². The fraction of sp³-hybridized carbons (Fsp3) is 0.286. The number of aromatic nitrogens is 2. The number of carbonyl (C=O) groups excluding carboxylic acids is 2. The zero-order valence-corrected chi connectivity index (χ0v) is 16.1. The predicted molar refractivity (Wildman–Crippen MR) is 103 cm³/mol. The van der Waals surface area contributed by atoms with Crippen LogP contribution in [0.1, 0.15) is 36.7 Å². The quantitative estimate of drug-likeness (QED) is 0.621. The number of imidazole rings is 1. The van der Waals surface area contributed by atoms with Crippen molar-refractivity contribution in [2.45, 2.75) is 33.3 Å². The molecule has 3 rings (SSSR count). The smallest absolute Gasteiger partial charge is 0.420 e. The van der Waals surface area contributed by atoms with E-state index in [1.165, 1.54) is 11.7 Å². The van der Waals surface area contributed by atoms with Gasteiger partial charge in [-0.25, -0.2) is 19.1 Å². The molecule has 0 amide bonds. The molecular weight excluding hydrogens is 344 g/mol. The highest BCUT2D eigenvalue weighted by Gasteiger charge is 2.26. The van der Waals surface area contributed by atoms with Gasteiger partial charge in [-0.3, -0.25) is 0 Å². The highest BCUT2D eigenvalue weighted by molar-refractivity contribution is 5.99.